The van der Waals surface area contributed by atoms with Gasteiger partial charge >= 0.3 is 10.4 Å². The van der Waals surface area contributed by atoms with Gasteiger partial charge < -0.3 is 0 Å². The summed E-state index contributed by atoms with van der Waals surface area (Å²) >= 11 is 0. The van der Waals surface area contributed by atoms with Crippen LogP contribution < -0.4 is 11.3 Å². The van der Waals surface area contributed by atoms with Gasteiger partial charge in [-0.25, -0.2) is 0 Å². The third-order valence-corrected chi connectivity index (χ3v) is 1.78. The molecule has 0 aliphatic heterocycles. The monoisotopic (exact) mass is 242 g/mol. The Morgan fingerprint density at radius 2 is 1.73 bits per heavy atom. The van der Waals surface area contributed by atoms with Gasteiger partial charge in [-0.3, -0.25) is 20.4 Å². The predicted molar refractivity (Wildman–Crippen MR) is 59.7 cm³/mol. The lowest BCUT2D eigenvalue weighted by molar-refractivity contribution is 0.381. The standard InChI is InChI=1S/C8H20N2.H2O4S/c1-3-4-5-6-7-8(2)10-9;1-5(2,3)4/h8,10H,3-7,9H2,1-2H3;(H2,1,2,3,4)/t8-;/m1./s1. The van der Waals surface area contributed by atoms with E-state index in [0.717, 1.165) is 0 Å². The highest BCUT2D eigenvalue weighted by atomic mass is 32.3. The van der Waals surface area contributed by atoms with Crippen LogP contribution in [0.1, 0.15) is 46.0 Å². The van der Waals surface area contributed by atoms with Crippen molar-refractivity contribution >= 4 is 10.4 Å². The average Bonchev–Trinajstić information content (AvgIpc) is 2.09. The van der Waals surface area contributed by atoms with Gasteiger partial charge in [0, 0.05) is 6.04 Å². The summed E-state index contributed by atoms with van der Waals surface area (Å²) in [6.45, 7) is 4.34. The summed E-state index contributed by atoms with van der Waals surface area (Å²) in [4.78, 5) is 0. The molecule has 0 aromatic heterocycles. The first kappa shape index (κ1) is 17.2. The molecule has 0 unspecified atom stereocenters. The Balaban J connectivity index is 0. The molecule has 0 amide bonds. The Morgan fingerprint density at radius 3 is 2.07 bits per heavy atom. The van der Waals surface area contributed by atoms with Crippen LogP contribution in [0, 0.1) is 0 Å². The van der Waals surface area contributed by atoms with E-state index in [4.69, 9.17) is 23.4 Å². The van der Waals surface area contributed by atoms with E-state index in [0.29, 0.717) is 6.04 Å². The SMILES string of the molecule is CCCCCC[C@@H](C)NN.O=S(=O)(O)O. The van der Waals surface area contributed by atoms with Crippen LogP contribution in [0.25, 0.3) is 0 Å². The number of nitrogens with one attached hydrogen (secondary N) is 1. The van der Waals surface area contributed by atoms with Gasteiger partial charge in [0.1, 0.15) is 0 Å². The largest absolute Gasteiger partial charge is 0.394 e. The Morgan fingerprint density at radius 1 is 1.27 bits per heavy atom. The van der Waals surface area contributed by atoms with Crippen LogP contribution in [0.15, 0.2) is 0 Å². The molecule has 0 saturated carbocycles. The van der Waals surface area contributed by atoms with Crippen molar-refractivity contribution < 1.29 is 17.5 Å². The van der Waals surface area contributed by atoms with E-state index in [1.54, 1.807) is 0 Å². The molecule has 0 saturated heterocycles. The van der Waals surface area contributed by atoms with Gasteiger partial charge in [-0.1, -0.05) is 32.6 Å². The molecule has 0 fully saturated rings. The molecule has 0 rings (SSSR count). The first-order valence-corrected chi connectivity index (χ1v) is 6.37. The zero-order chi connectivity index (χ0) is 12.3. The van der Waals surface area contributed by atoms with Gasteiger partial charge in [-0.05, 0) is 13.3 Å². The van der Waals surface area contributed by atoms with Crippen LogP contribution in [0.4, 0.5) is 0 Å². The molecule has 0 radical (unpaired) electrons. The highest BCUT2D eigenvalue weighted by Crippen LogP contribution is 2.04. The van der Waals surface area contributed by atoms with Crippen molar-refractivity contribution in [3.8, 4) is 0 Å². The maximum absolute atomic E-state index is 8.74. The van der Waals surface area contributed by atoms with Crippen molar-refractivity contribution in [1.82, 2.24) is 5.43 Å². The minimum atomic E-state index is -4.67. The van der Waals surface area contributed by atoms with E-state index in [9.17, 15) is 0 Å². The van der Waals surface area contributed by atoms with Crippen molar-refractivity contribution in [2.75, 3.05) is 0 Å². The molecule has 0 bridgehead atoms. The van der Waals surface area contributed by atoms with E-state index >= 15 is 0 Å². The fourth-order valence-electron chi connectivity index (χ4n) is 0.961. The van der Waals surface area contributed by atoms with Gasteiger partial charge in [-0.15, -0.1) is 0 Å². The number of nitrogens with two attached hydrogens (primary N) is 1. The van der Waals surface area contributed by atoms with Gasteiger partial charge in [0.15, 0.2) is 0 Å². The Bertz CT molecular complexity index is 211. The summed E-state index contributed by atoms with van der Waals surface area (Å²) in [6.07, 6.45) is 6.53. The second kappa shape index (κ2) is 10.3. The highest BCUT2D eigenvalue weighted by Gasteiger charge is 1.96. The van der Waals surface area contributed by atoms with Crippen molar-refractivity contribution in [1.29, 1.82) is 0 Å². The molecule has 7 heteroatoms. The first-order chi connectivity index (χ1) is 6.81. The molecular formula is C8H22N2O4S. The lowest BCUT2D eigenvalue weighted by Gasteiger charge is -2.07. The number of hydrogen-bond donors (Lipinski definition) is 4. The number of rotatable bonds is 6. The summed E-state index contributed by atoms with van der Waals surface area (Å²) in [5.74, 6) is 5.24. The van der Waals surface area contributed by atoms with E-state index < -0.39 is 10.4 Å². The van der Waals surface area contributed by atoms with Crippen LogP contribution in [0.2, 0.25) is 0 Å². The fraction of sp³-hybridized carbons (Fsp3) is 1.00. The van der Waals surface area contributed by atoms with Crippen molar-refractivity contribution in [2.24, 2.45) is 5.84 Å². The number of hydrogen-bond acceptors (Lipinski definition) is 4. The van der Waals surface area contributed by atoms with Gasteiger partial charge in [0.2, 0.25) is 0 Å². The smallest absolute Gasteiger partial charge is 0.271 e. The second-order valence-corrected chi connectivity index (χ2v) is 4.26. The second-order valence-electron chi connectivity index (χ2n) is 3.36. The van der Waals surface area contributed by atoms with Crippen LogP contribution in [-0.2, 0) is 10.4 Å². The van der Waals surface area contributed by atoms with E-state index in [-0.39, 0.29) is 0 Å². The average molecular weight is 242 g/mol. The maximum atomic E-state index is 8.74. The zero-order valence-corrected chi connectivity index (χ0v) is 10.1. The molecule has 6 nitrogen and oxygen atoms in total. The molecule has 0 spiro atoms. The topological polar surface area (TPSA) is 113 Å². The van der Waals surface area contributed by atoms with E-state index in [1.165, 1.54) is 32.1 Å². The quantitative estimate of drug-likeness (QED) is 0.240. The van der Waals surface area contributed by atoms with Gasteiger partial charge in [0.25, 0.3) is 0 Å². The summed E-state index contributed by atoms with van der Waals surface area (Å²) < 4.78 is 31.6. The normalized spacial score (nSPS) is 12.9. The van der Waals surface area contributed by atoms with Gasteiger partial charge in [0.05, 0.1) is 0 Å². The first-order valence-electron chi connectivity index (χ1n) is 4.97. The van der Waals surface area contributed by atoms with Crippen LogP contribution >= 0.6 is 0 Å². The molecule has 94 valence electrons. The van der Waals surface area contributed by atoms with Crippen molar-refractivity contribution in [3.63, 3.8) is 0 Å². The van der Waals surface area contributed by atoms with E-state index in [1.807, 2.05) is 0 Å². The minimum absolute atomic E-state index is 0.483. The lowest BCUT2D eigenvalue weighted by Crippen LogP contribution is -2.32. The maximum Gasteiger partial charge on any atom is 0.394 e. The zero-order valence-electron chi connectivity index (χ0n) is 9.31. The molecule has 0 heterocycles. The van der Waals surface area contributed by atoms with Gasteiger partial charge in [-0.2, -0.15) is 8.42 Å². The third-order valence-electron chi connectivity index (χ3n) is 1.78. The number of unbranched alkanes of at least 4 members (excludes halogenated alkanes) is 3. The molecule has 1 atom stereocenters. The minimum Gasteiger partial charge on any atom is -0.271 e. The summed E-state index contributed by atoms with van der Waals surface area (Å²) in [5, 5.41) is 0. The Hall–Kier alpha value is -0.210. The van der Waals surface area contributed by atoms with Crippen molar-refractivity contribution in [3.05, 3.63) is 0 Å². The molecule has 0 aliphatic rings. The van der Waals surface area contributed by atoms with Crippen LogP contribution in [0.3, 0.4) is 0 Å². The molecule has 0 aromatic rings. The Labute approximate surface area is 91.8 Å². The highest BCUT2D eigenvalue weighted by molar-refractivity contribution is 7.79. The predicted octanol–water partition coefficient (Wildman–Crippen LogP) is 1.16. The van der Waals surface area contributed by atoms with Crippen molar-refractivity contribution in [2.45, 2.75) is 52.0 Å². The molecule has 0 aromatic carbocycles. The summed E-state index contributed by atoms with van der Waals surface area (Å²) in [7, 11) is -4.67. The van der Waals surface area contributed by atoms with E-state index in [2.05, 4.69) is 19.3 Å². The summed E-state index contributed by atoms with van der Waals surface area (Å²) in [6, 6.07) is 0.483. The van der Waals surface area contributed by atoms with Crippen LogP contribution in [0.5, 0.6) is 0 Å². The molecular weight excluding hydrogens is 220 g/mol. The lowest BCUT2D eigenvalue weighted by atomic mass is 10.1. The molecule has 0 aliphatic carbocycles. The third kappa shape index (κ3) is 31.6. The fourth-order valence-corrected chi connectivity index (χ4v) is 0.961. The number of hydrazine groups is 1. The molecule has 15 heavy (non-hydrogen) atoms. The van der Waals surface area contributed by atoms with Crippen LogP contribution in [-0.4, -0.2) is 23.6 Å². The Kier molecular flexibility index (Phi) is 11.8. The molecule has 5 N–H and O–H groups in total. The summed E-state index contributed by atoms with van der Waals surface area (Å²) in [5.41, 5.74) is 2.74.